The first kappa shape index (κ1) is 6.67. The normalized spacial score (nSPS) is 23.8. The number of ether oxygens (including phenoxy) is 1. The lowest BCUT2D eigenvalue weighted by atomic mass is 10.3. The summed E-state index contributed by atoms with van der Waals surface area (Å²) in [5, 5.41) is 3.92. The van der Waals surface area contributed by atoms with Crippen LogP contribution in [0.2, 0.25) is 0 Å². The van der Waals surface area contributed by atoms with Crippen molar-refractivity contribution in [3.8, 4) is 0 Å². The highest BCUT2D eigenvalue weighted by Gasteiger charge is 2.17. The molecule has 60 valence electrons. The molecule has 0 bridgehead atoms. The standard InChI is InChI=1S/C7H10N2O2/c1-3-8-9(4-1)11-7-2-5-10-6-7/h1,3-4,7H,2,5-6H2. The molecule has 0 aliphatic carbocycles. The SMILES string of the molecule is c1cnn(OC2CCOC2)c1. The van der Waals surface area contributed by atoms with Crippen LogP contribution in [0, 0.1) is 0 Å². The van der Waals surface area contributed by atoms with E-state index in [0.29, 0.717) is 6.61 Å². The summed E-state index contributed by atoms with van der Waals surface area (Å²) < 4.78 is 5.14. The fraction of sp³-hybridized carbons (Fsp3) is 0.571. The van der Waals surface area contributed by atoms with Crippen molar-refractivity contribution >= 4 is 0 Å². The first-order valence-electron chi connectivity index (χ1n) is 3.70. The quantitative estimate of drug-likeness (QED) is 0.606. The lowest BCUT2D eigenvalue weighted by molar-refractivity contribution is 0.00953. The highest BCUT2D eigenvalue weighted by molar-refractivity contribution is 4.76. The maximum absolute atomic E-state index is 5.40. The molecule has 1 aromatic rings. The fourth-order valence-corrected chi connectivity index (χ4v) is 1.07. The Kier molecular flexibility index (Phi) is 1.77. The van der Waals surface area contributed by atoms with E-state index in [1.54, 1.807) is 12.4 Å². The monoisotopic (exact) mass is 154 g/mol. The Morgan fingerprint density at radius 3 is 3.27 bits per heavy atom. The Morgan fingerprint density at radius 2 is 2.64 bits per heavy atom. The molecule has 0 spiro atoms. The van der Waals surface area contributed by atoms with Crippen molar-refractivity contribution in [1.29, 1.82) is 0 Å². The molecule has 1 aromatic heterocycles. The van der Waals surface area contributed by atoms with Crippen LogP contribution in [0.1, 0.15) is 6.42 Å². The highest BCUT2D eigenvalue weighted by Crippen LogP contribution is 2.04. The molecule has 1 atom stereocenters. The number of hydrogen-bond donors (Lipinski definition) is 0. The molecule has 2 rings (SSSR count). The minimum atomic E-state index is 0.176. The van der Waals surface area contributed by atoms with E-state index in [9.17, 15) is 0 Å². The maximum Gasteiger partial charge on any atom is 0.152 e. The van der Waals surface area contributed by atoms with Gasteiger partial charge in [-0.1, -0.05) is 0 Å². The predicted octanol–water partition coefficient (Wildman–Crippen LogP) is 0.101. The summed E-state index contributed by atoms with van der Waals surface area (Å²) in [6, 6.07) is 1.83. The Morgan fingerprint density at radius 1 is 1.64 bits per heavy atom. The van der Waals surface area contributed by atoms with Crippen LogP contribution in [0.3, 0.4) is 0 Å². The lowest BCUT2D eigenvalue weighted by Crippen LogP contribution is -2.25. The smallest absolute Gasteiger partial charge is 0.152 e. The fourth-order valence-electron chi connectivity index (χ4n) is 1.07. The molecular weight excluding hydrogens is 144 g/mol. The van der Waals surface area contributed by atoms with Crippen molar-refractivity contribution in [2.24, 2.45) is 0 Å². The molecular formula is C7H10N2O2. The summed E-state index contributed by atoms with van der Waals surface area (Å²) in [7, 11) is 0. The molecule has 11 heavy (non-hydrogen) atoms. The maximum atomic E-state index is 5.40. The van der Waals surface area contributed by atoms with Gasteiger partial charge in [0, 0.05) is 6.42 Å². The van der Waals surface area contributed by atoms with E-state index in [-0.39, 0.29) is 6.10 Å². The molecule has 1 aliphatic heterocycles. The molecule has 2 heterocycles. The van der Waals surface area contributed by atoms with Crippen LogP contribution in [0.15, 0.2) is 18.5 Å². The van der Waals surface area contributed by atoms with Crippen LogP contribution >= 0.6 is 0 Å². The van der Waals surface area contributed by atoms with Crippen molar-refractivity contribution in [3.05, 3.63) is 18.5 Å². The molecule has 0 radical (unpaired) electrons. The summed E-state index contributed by atoms with van der Waals surface area (Å²) in [6.45, 7) is 1.48. The average Bonchev–Trinajstić information content (AvgIpc) is 2.60. The molecule has 4 heteroatoms. The van der Waals surface area contributed by atoms with Gasteiger partial charge in [-0.15, -0.1) is 9.94 Å². The Bertz CT molecular complexity index is 204. The number of rotatable bonds is 2. The van der Waals surface area contributed by atoms with E-state index in [2.05, 4.69) is 5.10 Å². The van der Waals surface area contributed by atoms with Gasteiger partial charge in [0.2, 0.25) is 0 Å². The van der Waals surface area contributed by atoms with Crippen LogP contribution in [0.5, 0.6) is 0 Å². The minimum Gasteiger partial charge on any atom is -0.391 e. The first-order valence-corrected chi connectivity index (χ1v) is 3.70. The Labute approximate surface area is 64.7 Å². The predicted molar refractivity (Wildman–Crippen MR) is 38.0 cm³/mol. The topological polar surface area (TPSA) is 36.3 Å². The van der Waals surface area contributed by atoms with Gasteiger partial charge in [0.05, 0.1) is 25.6 Å². The summed E-state index contributed by atoms with van der Waals surface area (Å²) in [6.07, 6.45) is 4.60. The molecule has 1 unspecified atom stereocenters. The third kappa shape index (κ3) is 1.51. The van der Waals surface area contributed by atoms with Crippen molar-refractivity contribution in [1.82, 2.24) is 9.94 Å². The van der Waals surface area contributed by atoms with E-state index >= 15 is 0 Å². The zero-order chi connectivity index (χ0) is 7.52. The average molecular weight is 154 g/mol. The highest BCUT2D eigenvalue weighted by atomic mass is 16.7. The van der Waals surface area contributed by atoms with E-state index in [1.165, 1.54) is 4.85 Å². The zero-order valence-corrected chi connectivity index (χ0v) is 6.14. The van der Waals surface area contributed by atoms with E-state index < -0.39 is 0 Å². The van der Waals surface area contributed by atoms with Crippen LogP contribution in [-0.2, 0) is 4.74 Å². The van der Waals surface area contributed by atoms with Gasteiger partial charge in [0.15, 0.2) is 6.10 Å². The zero-order valence-electron chi connectivity index (χ0n) is 6.14. The van der Waals surface area contributed by atoms with Gasteiger partial charge in [-0.3, -0.25) is 0 Å². The van der Waals surface area contributed by atoms with Gasteiger partial charge < -0.3 is 9.57 Å². The molecule has 4 nitrogen and oxygen atoms in total. The van der Waals surface area contributed by atoms with Crippen molar-refractivity contribution in [3.63, 3.8) is 0 Å². The van der Waals surface area contributed by atoms with E-state index in [4.69, 9.17) is 9.57 Å². The second kappa shape index (κ2) is 2.92. The van der Waals surface area contributed by atoms with Gasteiger partial charge in [-0.2, -0.15) is 0 Å². The van der Waals surface area contributed by atoms with Crippen LogP contribution in [-0.4, -0.2) is 29.3 Å². The summed E-state index contributed by atoms with van der Waals surface area (Å²) >= 11 is 0. The molecule has 1 fully saturated rings. The molecule has 0 N–H and O–H groups in total. The van der Waals surface area contributed by atoms with Crippen molar-refractivity contribution in [2.75, 3.05) is 13.2 Å². The second-order valence-electron chi connectivity index (χ2n) is 2.50. The summed E-state index contributed by atoms with van der Waals surface area (Å²) in [4.78, 5) is 6.87. The summed E-state index contributed by atoms with van der Waals surface area (Å²) in [5.41, 5.74) is 0. The molecule has 0 aromatic carbocycles. The number of hydrogen-bond acceptors (Lipinski definition) is 3. The van der Waals surface area contributed by atoms with Crippen molar-refractivity contribution < 1.29 is 9.57 Å². The van der Waals surface area contributed by atoms with Gasteiger partial charge >= 0.3 is 0 Å². The third-order valence-electron chi connectivity index (χ3n) is 1.63. The van der Waals surface area contributed by atoms with E-state index in [1.807, 2.05) is 6.07 Å². The molecule has 1 aliphatic rings. The third-order valence-corrected chi connectivity index (χ3v) is 1.63. The van der Waals surface area contributed by atoms with Crippen LogP contribution in [0.4, 0.5) is 0 Å². The van der Waals surface area contributed by atoms with Crippen LogP contribution < -0.4 is 4.84 Å². The Balaban J connectivity index is 1.90. The van der Waals surface area contributed by atoms with Gasteiger partial charge in [0.25, 0.3) is 0 Å². The number of aromatic nitrogens is 2. The summed E-state index contributed by atoms with van der Waals surface area (Å²) in [5.74, 6) is 0. The van der Waals surface area contributed by atoms with E-state index in [0.717, 1.165) is 13.0 Å². The number of nitrogens with zero attached hydrogens (tertiary/aromatic N) is 2. The van der Waals surface area contributed by atoms with Gasteiger partial charge in [0.1, 0.15) is 0 Å². The van der Waals surface area contributed by atoms with Crippen LogP contribution in [0.25, 0.3) is 0 Å². The minimum absolute atomic E-state index is 0.176. The first-order chi connectivity index (χ1) is 5.45. The second-order valence-corrected chi connectivity index (χ2v) is 2.50. The molecule has 0 saturated carbocycles. The van der Waals surface area contributed by atoms with Gasteiger partial charge in [-0.05, 0) is 6.07 Å². The lowest BCUT2D eigenvalue weighted by Gasteiger charge is -2.09. The Hall–Kier alpha value is -1.03. The molecule has 1 saturated heterocycles. The largest absolute Gasteiger partial charge is 0.391 e. The molecule has 0 amide bonds. The van der Waals surface area contributed by atoms with Gasteiger partial charge in [-0.25, -0.2) is 0 Å². The van der Waals surface area contributed by atoms with Crippen molar-refractivity contribution in [2.45, 2.75) is 12.5 Å².